The highest BCUT2D eigenvalue weighted by Crippen LogP contribution is 2.23. The molecule has 1 fully saturated rings. The molecule has 1 saturated heterocycles. The van der Waals surface area contributed by atoms with Crippen LogP contribution in [0.5, 0.6) is 0 Å². The first-order valence-corrected chi connectivity index (χ1v) is 7.02. The molecular formula is C14H28N2O. The molecule has 1 amide bonds. The van der Waals surface area contributed by atoms with Crippen molar-refractivity contribution in [2.24, 2.45) is 11.8 Å². The summed E-state index contributed by atoms with van der Waals surface area (Å²) < 4.78 is 0. The van der Waals surface area contributed by atoms with Crippen LogP contribution in [0.15, 0.2) is 0 Å². The lowest BCUT2D eigenvalue weighted by Crippen LogP contribution is -2.38. The van der Waals surface area contributed by atoms with Crippen LogP contribution in [0.2, 0.25) is 0 Å². The van der Waals surface area contributed by atoms with E-state index in [-0.39, 0.29) is 0 Å². The van der Waals surface area contributed by atoms with Crippen LogP contribution in [0, 0.1) is 11.8 Å². The van der Waals surface area contributed by atoms with Crippen molar-refractivity contribution in [1.82, 2.24) is 10.2 Å². The third kappa shape index (κ3) is 4.30. The Hall–Kier alpha value is -0.570. The topological polar surface area (TPSA) is 32.3 Å². The Morgan fingerprint density at radius 3 is 2.71 bits per heavy atom. The van der Waals surface area contributed by atoms with Crippen LogP contribution in [0.4, 0.5) is 0 Å². The lowest BCUT2D eigenvalue weighted by Gasteiger charge is -2.30. The van der Waals surface area contributed by atoms with Gasteiger partial charge in [-0.3, -0.25) is 4.79 Å². The number of rotatable bonds is 5. The predicted molar refractivity (Wildman–Crippen MR) is 71.9 cm³/mol. The summed E-state index contributed by atoms with van der Waals surface area (Å²) in [5, 5.41) is 3.43. The SMILES string of the molecule is CCC(C)N(C)C(=O)CC(C)C1CCCNC1. The Kier molecular flexibility index (Phi) is 5.96. The zero-order valence-electron chi connectivity index (χ0n) is 11.8. The van der Waals surface area contributed by atoms with Gasteiger partial charge in [-0.1, -0.05) is 13.8 Å². The molecule has 0 aromatic carbocycles. The molecule has 3 nitrogen and oxygen atoms in total. The molecule has 1 rings (SSSR count). The molecule has 0 bridgehead atoms. The van der Waals surface area contributed by atoms with E-state index >= 15 is 0 Å². The van der Waals surface area contributed by atoms with E-state index in [1.807, 2.05) is 11.9 Å². The Morgan fingerprint density at radius 1 is 1.47 bits per heavy atom. The van der Waals surface area contributed by atoms with Crippen LogP contribution < -0.4 is 5.32 Å². The number of piperidine rings is 1. The van der Waals surface area contributed by atoms with E-state index in [0.717, 1.165) is 19.5 Å². The van der Waals surface area contributed by atoms with Gasteiger partial charge < -0.3 is 10.2 Å². The number of nitrogens with one attached hydrogen (secondary N) is 1. The summed E-state index contributed by atoms with van der Waals surface area (Å²) in [7, 11) is 1.93. The maximum absolute atomic E-state index is 12.1. The van der Waals surface area contributed by atoms with Crippen LogP contribution in [0.25, 0.3) is 0 Å². The van der Waals surface area contributed by atoms with E-state index < -0.39 is 0 Å². The summed E-state index contributed by atoms with van der Waals surface area (Å²) in [4.78, 5) is 14.0. The van der Waals surface area contributed by atoms with Gasteiger partial charge in [-0.25, -0.2) is 0 Å². The van der Waals surface area contributed by atoms with E-state index in [0.29, 0.717) is 30.2 Å². The number of carbonyl (C=O) groups excluding carboxylic acids is 1. The average Bonchev–Trinajstić information content (AvgIpc) is 2.37. The Morgan fingerprint density at radius 2 is 2.18 bits per heavy atom. The number of amides is 1. The molecular weight excluding hydrogens is 212 g/mol. The van der Waals surface area contributed by atoms with E-state index in [2.05, 4.69) is 26.1 Å². The largest absolute Gasteiger partial charge is 0.343 e. The van der Waals surface area contributed by atoms with Crippen molar-refractivity contribution in [2.45, 2.75) is 52.5 Å². The maximum Gasteiger partial charge on any atom is 0.222 e. The minimum absolute atomic E-state index is 0.303. The highest BCUT2D eigenvalue weighted by atomic mass is 16.2. The molecule has 0 saturated carbocycles. The molecule has 1 heterocycles. The van der Waals surface area contributed by atoms with E-state index in [1.54, 1.807) is 0 Å². The van der Waals surface area contributed by atoms with E-state index in [1.165, 1.54) is 12.8 Å². The number of nitrogens with zero attached hydrogens (tertiary/aromatic N) is 1. The van der Waals surface area contributed by atoms with Crippen LogP contribution in [0.3, 0.4) is 0 Å². The Balaban J connectivity index is 2.38. The first kappa shape index (κ1) is 14.5. The van der Waals surface area contributed by atoms with Gasteiger partial charge in [0.2, 0.25) is 5.91 Å². The predicted octanol–water partition coefficient (Wildman–Crippen LogP) is 2.27. The summed E-state index contributed by atoms with van der Waals surface area (Å²) >= 11 is 0. The molecule has 0 aromatic rings. The smallest absolute Gasteiger partial charge is 0.222 e. The molecule has 3 heteroatoms. The van der Waals surface area contributed by atoms with Crippen molar-refractivity contribution in [1.29, 1.82) is 0 Å². The van der Waals surface area contributed by atoms with Gasteiger partial charge in [0, 0.05) is 19.5 Å². The molecule has 3 atom stereocenters. The Bertz CT molecular complexity index is 236. The van der Waals surface area contributed by atoms with Gasteiger partial charge >= 0.3 is 0 Å². The average molecular weight is 240 g/mol. The van der Waals surface area contributed by atoms with Crippen LogP contribution in [0.1, 0.15) is 46.5 Å². The second-order valence-electron chi connectivity index (χ2n) is 5.55. The first-order chi connectivity index (χ1) is 8.06. The minimum Gasteiger partial charge on any atom is -0.343 e. The van der Waals surface area contributed by atoms with Gasteiger partial charge in [0.1, 0.15) is 0 Å². The third-order valence-electron chi connectivity index (χ3n) is 4.28. The minimum atomic E-state index is 0.303. The molecule has 100 valence electrons. The summed E-state index contributed by atoms with van der Waals surface area (Å²) in [6.07, 6.45) is 4.26. The molecule has 1 N–H and O–H groups in total. The number of carbonyl (C=O) groups is 1. The summed E-state index contributed by atoms with van der Waals surface area (Å²) in [6.45, 7) is 8.69. The normalized spacial score (nSPS) is 24.1. The molecule has 17 heavy (non-hydrogen) atoms. The van der Waals surface area contributed by atoms with Crippen molar-refractivity contribution in [2.75, 3.05) is 20.1 Å². The highest BCUT2D eigenvalue weighted by Gasteiger charge is 2.24. The van der Waals surface area contributed by atoms with Gasteiger partial charge in [0.15, 0.2) is 0 Å². The first-order valence-electron chi connectivity index (χ1n) is 7.02. The monoisotopic (exact) mass is 240 g/mol. The lowest BCUT2D eigenvalue weighted by atomic mass is 9.85. The van der Waals surface area contributed by atoms with Crippen LogP contribution in [-0.4, -0.2) is 37.0 Å². The summed E-state index contributed by atoms with van der Waals surface area (Å²) in [5.41, 5.74) is 0. The van der Waals surface area contributed by atoms with Crippen molar-refractivity contribution < 1.29 is 4.79 Å². The molecule has 0 aromatic heterocycles. The number of hydrogen-bond acceptors (Lipinski definition) is 2. The van der Waals surface area contributed by atoms with E-state index in [4.69, 9.17) is 0 Å². The van der Waals surface area contributed by atoms with Crippen LogP contribution in [-0.2, 0) is 4.79 Å². The van der Waals surface area contributed by atoms with Gasteiger partial charge in [-0.05, 0) is 51.1 Å². The van der Waals surface area contributed by atoms with Crippen LogP contribution >= 0.6 is 0 Å². The fraction of sp³-hybridized carbons (Fsp3) is 0.929. The van der Waals surface area contributed by atoms with Crippen molar-refractivity contribution in [3.63, 3.8) is 0 Å². The van der Waals surface area contributed by atoms with Gasteiger partial charge in [0.05, 0.1) is 0 Å². The highest BCUT2D eigenvalue weighted by molar-refractivity contribution is 5.76. The Labute approximate surface area is 106 Å². The maximum atomic E-state index is 12.1. The molecule has 0 spiro atoms. The standard InChI is InChI=1S/C14H28N2O/c1-5-12(3)16(4)14(17)9-11(2)13-7-6-8-15-10-13/h11-13,15H,5-10H2,1-4H3. The number of hydrogen-bond donors (Lipinski definition) is 1. The summed E-state index contributed by atoms with van der Waals surface area (Å²) in [5.74, 6) is 1.48. The van der Waals surface area contributed by atoms with E-state index in [9.17, 15) is 4.79 Å². The molecule has 1 aliphatic rings. The quantitative estimate of drug-likeness (QED) is 0.799. The molecule has 1 aliphatic heterocycles. The van der Waals surface area contributed by atoms with Gasteiger partial charge in [-0.15, -0.1) is 0 Å². The fourth-order valence-corrected chi connectivity index (χ4v) is 2.47. The molecule has 0 radical (unpaired) electrons. The second kappa shape index (κ2) is 7.00. The third-order valence-corrected chi connectivity index (χ3v) is 4.28. The molecule has 0 aliphatic carbocycles. The van der Waals surface area contributed by atoms with Gasteiger partial charge in [-0.2, -0.15) is 0 Å². The fourth-order valence-electron chi connectivity index (χ4n) is 2.47. The van der Waals surface area contributed by atoms with Crippen molar-refractivity contribution in [3.8, 4) is 0 Å². The molecule has 3 unspecified atom stereocenters. The van der Waals surface area contributed by atoms with Gasteiger partial charge in [0.25, 0.3) is 0 Å². The summed E-state index contributed by atoms with van der Waals surface area (Å²) in [6, 6.07) is 0.360. The zero-order valence-corrected chi connectivity index (χ0v) is 11.8. The zero-order chi connectivity index (χ0) is 12.8. The lowest BCUT2D eigenvalue weighted by molar-refractivity contribution is -0.133. The van der Waals surface area contributed by atoms with Crippen molar-refractivity contribution in [3.05, 3.63) is 0 Å². The van der Waals surface area contributed by atoms with Crippen molar-refractivity contribution >= 4 is 5.91 Å². The second-order valence-corrected chi connectivity index (χ2v) is 5.55.